The Hall–Kier alpha value is -0.120. The summed E-state index contributed by atoms with van der Waals surface area (Å²) < 4.78 is 29.1. The first-order valence-corrected chi connectivity index (χ1v) is 6.34. The molecule has 10 heteroatoms. The first-order valence-electron chi connectivity index (χ1n) is 4.65. The number of ether oxygens (including phenoxy) is 1. The molecule has 0 aromatic rings. The molecule has 0 radical (unpaired) electrons. The van der Waals surface area contributed by atoms with Crippen LogP contribution in [0.1, 0.15) is 0 Å². The lowest BCUT2D eigenvalue weighted by molar-refractivity contribution is -0.142. The molecule has 0 spiro atoms. The van der Waals surface area contributed by atoms with Crippen molar-refractivity contribution in [2.24, 2.45) is 0 Å². The van der Waals surface area contributed by atoms with E-state index in [1.807, 2.05) is 0 Å². The van der Waals surface area contributed by atoms with Crippen molar-refractivity contribution < 1.29 is 43.9 Å². The van der Waals surface area contributed by atoms with Gasteiger partial charge in [0.1, 0.15) is 18.3 Å². The summed E-state index contributed by atoms with van der Waals surface area (Å²) in [4.78, 5) is 17.4. The quantitative estimate of drug-likeness (QED) is 0.304. The zero-order chi connectivity index (χ0) is 13.4. The number of hydrogen-bond acceptors (Lipinski definition) is 6. The van der Waals surface area contributed by atoms with Crippen LogP contribution in [0.2, 0.25) is 0 Å². The van der Waals surface area contributed by atoms with Gasteiger partial charge in [-0.15, -0.1) is 0 Å². The van der Waals surface area contributed by atoms with Gasteiger partial charge in [0.05, 0.1) is 13.2 Å². The van der Waals surface area contributed by atoms with E-state index in [-0.39, 0.29) is 0 Å². The fourth-order valence-corrected chi connectivity index (χ4v) is 2.61. The fraction of sp³-hybridized carbons (Fsp3) is 1.00. The second kappa shape index (κ2) is 4.87. The minimum atomic E-state index is -5.29. The molecule has 1 saturated heterocycles. The highest BCUT2D eigenvalue weighted by Crippen LogP contribution is 2.52. The Labute approximate surface area is 95.4 Å². The van der Waals surface area contributed by atoms with Crippen LogP contribution in [0.25, 0.3) is 0 Å². The largest absolute Gasteiger partial charge is 0.394 e. The summed E-state index contributed by atoms with van der Waals surface area (Å²) in [6.07, 6.45) is -5.24. The second-order valence-electron chi connectivity index (χ2n) is 3.81. The number of aliphatic hydroxyl groups is 4. The predicted octanol–water partition coefficient (Wildman–Crippen LogP) is -2.70. The summed E-state index contributed by atoms with van der Waals surface area (Å²) in [5.74, 6) is -3.01. The van der Waals surface area contributed by atoms with Gasteiger partial charge in [-0.25, -0.2) is 4.39 Å². The molecule has 0 amide bonds. The summed E-state index contributed by atoms with van der Waals surface area (Å²) in [6, 6.07) is 0. The first-order chi connectivity index (χ1) is 7.70. The second-order valence-corrected chi connectivity index (χ2v) is 5.44. The Morgan fingerprint density at radius 2 is 1.88 bits per heavy atom. The van der Waals surface area contributed by atoms with Crippen molar-refractivity contribution in [3.8, 4) is 0 Å². The molecular formula is C7H14FO8P. The molecule has 17 heavy (non-hydrogen) atoms. The number of halogens is 1. The molecule has 1 heterocycles. The van der Waals surface area contributed by atoms with E-state index in [9.17, 15) is 19.2 Å². The third-order valence-electron chi connectivity index (χ3n) is 2.70. The molecule has 1 fully saturated rings. The predicted molar refractivity (Wildman–Crippen MR) is 50.7 cm³/mol. The van der Waals surface area contributed by atoms with Crippen LogP contribution in [-0.2, 0) is 9.30 Å². The molecule has 0 bridgehead atoms. The summed E-state index contributed by atoms with van der Waals surface area (Å²) in [5, 5.41) is 36.6. The van der Waals surface area contributed by atoms with Crippen LogP contribution in [0.5, 0.6) is 0 Å². The van der Waals surface area contributed by atoms with Crippen molar-refractivity contribution in [2.45, 2.75) is 29.8 Å². The maximum atomic E-state index is 13.6. The summed E-state index contributed by atoms with van der Waals surface area (Å²) in [7, 11) is -5.29. The van der Waals surface area contributed by atoms with Gasteiger partial charge in [-0.2, -0.15) is 0 Å². The molecule has 5 atom stereocenters. The van der Waals surface area contributed by atoms with E-state index in [2.05, 4.69) is 0 Å². The first kappa shape index (κ1) is 14.9. The number of aliphatic hydroxyl groups excluding tert-OH is 4. The van der Waals surface area contributed by atoms with Gasteiger partial charge in [-0.1, -0.05) is 0 Å². The lowest BCUT2D eigenvalue weighted by atomic mass is 9.96. The van der Waals surface area contributed by atoms with Crippen molar-refractivity contribution in [1.29, 1.82) is 0 Å². The standard InChI is InChI=1S/C7H14FO8P/c8-6(17(13,14)15)7(2-10)5(12)4(11)3(1-9)16-7/h3-6,9-12H,1-2H2,(H2,13,14,15)/t3-,4-,5+,6?,7+/m1/s1. The normalized spacial score (nSPS) is 40.5. The third-order valence-corrected chi connectivity index (χ3v) is 3.73. The Morgan fingerprint density at radius 1 is 1.35 bits per heavy atom. The van der Waals surface area contributed by atoms with Gasteiger partial charge in [0.15, 0.2) is 5.60 Å². The molecule has 8 nitrogen and oxygen atoms in total. The van der Waals surface area contributed by atoms with Crippen LogP contribution < -0.4 is 0 Å². The molecule has 0 aromatic carbocycles. The summed E-state index contributed by atoms with van der Waals surface area (Å²) in [5.41, 5.74) is -2.65. The average molecular weight is 276 g/mol. The van der Waals surface area contributed by atoms with Crippen LogP contribution in [0.3, 0.4) is 0 Å². The lowest BCUT2D eigenvalue weighted by Crippen LogP contribution is -2.53. The molecular weight excluding hydrogens is 262 g/mol. The fourth-order valence-electron chi connectivity index (χ4n) is 1.75. The van der Waals surface area contributed by atoms with E-state index in [0.717, 1.165) is 0 Å². The molecule has 6 N–H and O–H groups in total. The highest BCUT2D eigenvalue weighted by Gasteiger charge is 2.63. The lowest BCUT2D eigenvalue weighted by Gasteiger charge is -2.33. The van der Waals surface area contributed by atoms with Gasteiger partial charge in [-0.05, 0) is 0 Å². The Kier molecular flexibility index (Phi) is 4.28. The molecule has 102 valence electrons. The van der Waals surface area contributed by atoms with Crippen LogP contribution in [-0.4, -0.2) is 73.3 Å². The van der Waals surface area contributed by atoms with Crippen LogP contribution in [0.4, 0.5) is 4.39 Å². The van der Waals surface area contributed by atoms with E-state index < -0.39 is 50.6 Å². The van der Waals surface area contributed by atoms with E-state index in [0.29, 0.717) is 0 Å². The zero-order valence-electron chi connectivity index (χ0n) is 8.55. The number of rotatable bonds is 4. The van der Waals surface area contributed by atoms with Gasteiger partial charge in [0.25, 0.3) is 0 Å². The van der Waals surface area contributed by atoms with Crippen molar-refractivity contribution in [1.82, 2.24) is 0 Å². The molecule has 1 rings (SSSR count). The molecule has 1 unspecified atom stereocenters. The molecule has 1 aliphatic rings. The minimum Gasteiger partial charge on any atom is -0.394 e. The smallest absolute Gasteiger partial charge is 0.362 e. The Morgan fingerprint density at radius 3 is 2.18 bits per heavy atom. The summed E-state index contributed by atoms with van der Waals surface area (Å²) >= 11 is 0. The molecule has 1 aliphatic heterocycles. The topological polar surface area (TPSA) is 148 Å². The van der Waals surface area contributed by atoms with Crippen LogP contribution in [0.15, 0.2) is 0 Å². The number of hydrogen-bond donors (Lipinski definition) is 6. The van der Waals surface area contributed by atoms with Crippen molar-refractivity contribution in [2.75, 3.05) is 13.2 Å². The van der Waals surface area contributed by atoms with E-state index in [4.69, 9.17) is 24.7 Å². The molecule has 0 saturated carbocycles. The monoisotopic (exact) mass is 276 g/mol. The number of alkyl halides is 1. The van der Waals surface area contributed by atoms with Crippen molar-refractivity contribution in [3.63, 3.8) is 0 Å². The van der Waals surface area contributed by atoms with Gasteiger partial charge in [0, 0.05) is 0 Å². The van der Waals surface area contributed by atoms with E-state index >= 15 is 0 Å². The Balaban J connectivity index is 3.09. The highest BCUT2D eigenvalue weighted by atomic mass is 31.2. The summed E-state index contributed by atoms with van der Waals surface area (Å²) in [6.45, 7) is -2.05. The van der Waals surface area contributed by atoms with Gasteiger partial charge < -0.3 is 34.9 Å². The van der Waals surface area contributed by atoms with Gasteiger partial charge >= 0.3 is 7.60 Å². The molecule has 0 aliphatic carbocycles. The third kappa shape index (κ3) is 2.38. The van der Waals surface area contributed by atoms with E-state index in [1.165, 1.54) is 0 Å². The molecule has 0 aromatic heterocycles. The zero-order valence-corrected chi connectivity index (χ0v) is 9.44. The van der Waals surface area contributed by atoms with Gasteiger partial charge in [0.2, 0.25) is 5.91 Å². The van der Waals surface area contributed by atoms with Crippen molar-refractivity contribution >= 4 is 7.60 Å². The highest BCUT2D eigenvalue weighted by molar-refractivity contribution is 7.52. The van der Waals surface area contributed by atoms with E-state index in [1.54, 1.807) is 0 Å². The van der Waals surface area contributed by atoms with Crippen LogP contribution >= 0.6 is 7.60 Å². The van der Waals surface area contributed by atoms with Gasteiger partial charge in [-0.3, -0.25) is 4.57 Å². The minimum absolute atomic E-state index is 0.798. The SMILES string of the molecule is O=P(O)(O)C(F)[C@@]1(CO)O[C@H](CO)[C@@H](O)[C@@H]1O. The maximum Gasteiger partial charge on any atom is 0.362 e. The Bertz CT molecular complexity index is 321. The average Bonchev–Trinajstić information content (AvgIpc) is 2.51. The van der Waals surface area contributed by atoms with Crippen molar-refractivity contribution in [3.05, 3.63) is 0 Å². The maximum absolute atomic E-state index is 13.6. The van der Waals surface area contributed by atoms with Crippen LogP contribution in [0, 0.1) is 0 Å².